The predicted octanol–water partition coefficient (Wildman–Crippen LogP) is 6.26. The van der Waals surface area contributed by atoms with E-state index in [0.717, 1.165) is 63.0 Å². The number of benzene rings is 3. The topological polar surface area (TPSA) is 43.1 Å². The fourth-order valence-electron chi connectivity index (χ4n) is 4.57. The lowest BCUT2D eigenvalue weighted by molar-refractivity contribution is 0.413. The molecule has 0 spiro atoms. The van der Waals surface area contributed by atoms with Crippen LogP contribution >= 0.6 is 0 Å². The van der Waals surface area contributed by atoms with Crippen molar-refractivity contribution in [2.75, 3.05) is 0 Å². The highest BCUT2D eigenvalue weighted by Gasteiger charge is 2.20. The molecule has 0 N–H and O–H groups in total. The zero-order chi connectivity index (χ0) is 22.4. The molecule has 1 aliphatic heterocycles. The first kappa shape index (κ1) is 19.9. The standard InChI is InChI=1S/C29H26N4/c1-19-10-12-23(13-11-19)33-28-9-4-3-8-25(28)32-27-15-24(21-14-20(2)17-30-18-21)26(16-29(27)33)31-22-6-5-7-22/h3-4,8-18,22H,5-7H2,1-2H3. The molecule has 1 aromatic heterocycles. The summed E-state index contributed by atoms with van der Waals surface area (Å²) in [5.74, 6) is 0. The average Bonchev–Trinajstić information content (AvgIpc) is 2.80. The van der Waals surface area contributed by atoms with Crippen LogP contribution in [0.3, 0.4) is 0 Å². The van der Waals surface area contributed by atoms with Crippen LogP contribution in [0.1, 0.15) is 30.4 Å². The lowest BCUT2D eigenvalue weighted by atomic mass is 9.93. The lowest BCUT2D eigenvalue weighted by Crippen LogP contribution is -2.21. The molecule has 0 atom stereocenters. The molecule has 1 saturated carbocycles. The highest BCUT2D eigenvalue weighted by molar-refractivity contribution is 5.84. The predicted molar refractivity (Wildman–Crippen MR) is 134 cm³/mol. The Bertz CT molecular complexity index is 1510. The van der Waals surface area contributed by atoms with E-state index in [2.05, 4.69) is 84.1 Å². The zero-order valence-electron chi connectivity index (χ0n) is 19.0. The van der Waals surface area contributed by atoms with Gasteiger partial charge < -0.3 is 4.57 Å². The first-order chi connectivity index (χ1) is 16.2. The Labute approximate surface area is 193 Å². The van der Waals surface area contributed by atoms with Gasteiger partial charge in [0.05, 0.1) is 33.8 Å². The summed E-state index contributed by atoms with van der Waals surface area (Å²) in [6, 6.07) is 24.0. The second kappa shape index (κ2) is 7.96. The highest BCUT2D eigenvalue weighted by Crippen LogP contribution is 2.31. The first-order valence-electron chi connectivity index (χ1n) is 11.6. The van der Waals surface area contributed by atoms with Gasteiger partial charge in [0.2, 0.25) is 0 Å². The molecular weight excluding hydrogens is 404 g/mol. The maximum absolute atomic E-state index is 5.18. The molecule has 3 aliphatic rings. The summed E-state index contributed by atoms with van der Waals surface area (Å²) in [6.45, 7) is 4.20. The van der Waals surface area contributed by atoms with Crippen LogP contribution in [0.25, 0.3) is 39.2 Å². The van der Waals surface area contributed by atoms with E-state index in [1.807, 2.05) is 18.5 Å². The summed E-state index contributed by atoms with van der Waals surface area (Å²) in [5, 5.41) is 1.03. The monoisotopic (exact) mass is 430 g/mol. The molecule has 4 nitrogen and oxygen atoms in total. The van der Waals surface area contributed by atoms with Crippen molar-refractivity contribution in [3.8, 4) is 28.2 Å². The van der Waals surface area contributed by atoms with E-state index in [0.29, 0.717) is 6.04 Å². The maximum Gasteiger partial charge on any atom is 0.0886 e. The number of hydrogen-bond donors (Lipinski definition) is 0. The second-order valence-electron chi connectivity index (χ2n) is 9.09. The van der Waals surface area contributed by atoms with Crippen LogP contribution in [-0.2, 0) is 0 Å². The fourth-order valence-corrected chi connectivity index (χ4v) is 4.57. The third-order valence-corrected chi connectivity index (χ3v) is 6.57. The van der Waals surface area contributed by atoms with Crippen LogP contribution in [0.5, 0.6) is 0 Å². The molecule has 2 heterocycles. The van der Waals surface area contributed by atoms with E-state index in [9.17, 15) is 0 Å². The van der Waals surface area contributed by atoms with Crippen molar-refractivity contribution in [3.63, 3.8) is 0 Å². The number of rotatable bonds is 3. The minimum Gasteiger partial charge on any atom is -0.306 e. The number of pyridine rings is 1. The summed E-state index contributed by atoms with van der Waals surface area (Å²) in [4.78, 5) is 14.7. The van der Waals surface area contributed by atoms with Crippen molar-refractivity contribution in [3.05, 3.63) is 95.6 Å². The second-order valence-corrected chi connectivity index (χ2v) is 9.09. The quantitative estimate of drug-likeness (QED) is 0.317. The van der Waals surface area contributed by atoms with Gasteiger partial charge in [-0.2, -0.15) is 0 Å². The molecule has 162 valence electrons. The molecule has 33 heavy (non-hydrogen) atoms. The van der Waals surface area contributed by atoms with Gasteiger partial charge in [-0.1, -0.05) is 29.8 Å². The van der Waals surface area contributed by atoms with Gasteiger partial charge in [-0.05, 0) is 81.1 Å². The Hall–Kier alpha value is -3.79. The van der Waals surface area contributed by atoms with Crippen molar-refractivity contribution >= 4 is 11.0 Å². The molecule has 3 aromatic rings. The fraction of sp³-hybridized carbons (Fsp3) is 0.207. The van der Waals surface area contributed by atoms with Crippen molar-refractivity contribution in [2.45, 2.75) is 39.2 Å². The lowest BCUT2D eigenvalue weighted by Gasteiger charge is -2.23. The Morgan fingerprint density at radius 3 is 2.45 bits per heavy atom. The third-order valence-electron chi connectivity index (χ3n) is 6.57. The Morgan fingerprint density at radius 2 is 1.70 bits per heavy atom. The molecule has 6 rings (SSSR count). The number of fused-ring (bicyclic) bond motifs is 2. The minimum absolute atomic E-state index is 0.403. The van der Waals surface area contributed by atoms with E-state index in [4.69, 9.17) is 9.98 Å². The van der Waals surface area contributed by atoms with Gasteiger partial charge in [-0.15, -0.1) is 0 Å². The maximum atomic E-state index is 5.18. The molecule has 2 aromatic carbocycles. The molecule has 0 amide bonds. The molecule has 2 aliphatic carbocycles. The van der Waals surface area contributed by atoms with Crippen LogP contribution in [0.4, 0.5) is 0 Å². The number of aromatic nitrogens is 3. The Kier molecular flexibility index (Phi) is 4.79. The Balaban J connectivity index is 1.71. The van der Waals surface area contributed by atoms with Gasteiger partial charge in [0.15, 0.2) is 0 Å². The van der Waals surface area contributed by atoms with Crippen molar-refractivity contribution in [1.82, 2.24) is 14.5 Å². The zero-order valence-corrected chi connectivity index (χ0v) is 19.0. The smallest absolute Gasteiger partial charge is 0.0886 e. The SMILES string of the molecule is Cc1ccc(-n2c3cc(=NC4CCC4)c(-c4cncc(C)c4)cc-3nc3ccccc32)cc1. The minimum atomic E-state index is 0.403. The summed E-state index contributed by atoms with van der Waals surface area (Å²) in [6.07, 6.45) is 7.42. The molecule has 0 unspecified atom stereocenters. The van der Waals surface area contributed by atoms with Crippen LogP contribution in [0.15, 0.2) is 84.1 Å². The largest absolute Gasteiger partial charge is 0.306 e. The van der Waals surface area contributed by atoms with Gasteiger partial charge in [0.1, 0.15) is 0 Å². The van der Waals surface area contributed by atoms with Crippen molar-refractivity contribution in [1.29, 1.82) is 0 Å². The number of aryl methyl sites for hydroxylation is 2. The van der Waals surface area contributed by atoms with E-state index >= 15 is 0 Å². The molecule has 1 fully saturated rings. The number of hydrogen-bond acceptors (Lipinski definition) is 3. The average molecular weight is 431 g/mol. The molecule has 0 saturated heterocycles. The van der Waals surface area contributed by atoms with E-state index in [-0.39, 0.29) is 0 Å². The van der Waals surface area contributed by atoms with Crippen molar-refractivity contribution in [2.24, 2.45) is 4.99 Å². The van der Waals surface area contributed by atoms with Crippen LogP contribution < -0.4 is 5.36 Å². The Morgan fingerprint density at radius 1 is 0.879 bits per heavy atom. The van der Waals surface area contributed by atoms with Gasteiger partial charge in [-0.25, -0.2) is 4.98 Å². The van der Waals surface area contributed by atoms with Gasteiger partial charge in [0, 0.05) is 29.2 Å². The molecular formula is C29H26N4. The number of nitrogens with zero attached hydrogens (tertiary/aromatic N) is 4. The molecule has 0 bridgehead atoms. The van der Waals surface area contributed by atoms with Crippen molar-refractivity contribution < 1.29 is 0 Å². The summed E-state index contributed by atoms with van der Waals surface area (Å²) >= 11 is 0. The first-order valence-corrected chi connectivity index (χ1v) is 11.6. The summed E-state index contributed by atoms with van der Waals surface area (Å²) in [7, 11) is 0. The molecule has 4 heteroatoms. The van der Waals surface area contributed by atoms with Crippen LogP contribution in [-0.4, -0.2) is 20.6 Å². The van der Waals surface area contributed by atoms with Crippen LogP contribution in [0.2, 0.25) is 0 Å². The summed E-state index contributed by atoms with van der Waals surface area (Å²) in [5.41, 5.74) is 9.80. The number of para-hydroxylation sites is 2. The van der Waals surface area contributed by atoms with Crippen LogP contribution in [0, 0.1) is 13.8 Å². The van der Waals surface area contributed by atoms with Gasteiger partial charge in [-0.3, -0.25) is 9.98 Å². The normalized spacial score (nSPS) is 14.7. The third kappa shape index (κ3) is 3.62. The van der Waals surface area contributed by atoms with E-state index < -0.39 is 0 Å². The highest BCUT2D eigenvalue weighted by atomic mass is 15.0. The van der Waals surface area contributed by atoms with E-state index in [1.54, 1.807) is 0 Å². The summed E-state index contributed by atoms with van der Waals surface area (Å²) < 4.78 is 2.31. The van der Waals surface area contributed by atoms with Gasteiger partial charge >= 0.3 is 0 Å². The molecule has 0 radical (unpaired) electrons. The van der Waals surface area contributed by atoms with E-state index in [1.165, 1.54) is 12.0 Å². The van der Waals surface area contributed by atoms with Gasteiger partial charge in [0.25, 0.3) is 0 Å².